The molecule has 0 unspecified atom stereocenters. The lowest BCUT2D eigenvalue weighted by atomic mass is 10.2. The second kappa shape index (κ2) is 6.41. The van der Waals surface area contributed by atoms with E-state index in [9.17, 15) is 14.5 Å². The smallest absolute Gasteiger partial charge is 0.295 e. The van der Waals surface area contributed by atoms with Crippen molar-refractivity contribution in [1.29, 1.82) is 0 Å². The van der Waals surface area contributed by atoms with Crippen LogP contribution in [0.25, 0.3) is 0 Å². The monoisotopic (exact) mass is 277 g/mol. The standard InChI is InChI=1S/C12H12FN5O2/c13-9-1-2-10(11(7-9)18(19)20)15-5-6-17-12-8-14-3-4-16-12/h1-4,7-8,15H,5-6H2,(H,16,17). The number of nitrogens with one attached hydrogen (secondary N) is 2. The zero-order chi connectivity index (χ0) is 14.4. The predicted molar refractivity (Wildman–Crippen MR) is 72.1 cm³/mol. The number of hydrogen-bond donors (Lipinski definition) is 2. The number of halogens is 1. The van der Waals surface area contributed by atoms with Crippen molar-refractivity contribution in [2.75, 3.05) is 23.7 Å². The number of hydrogen-bond acceptors (Lipinski definition) is 6. The van der Waals surface area contributed by atoms with Gasteiger partial charge in [-0.25, -0.2) is 9.37 Å². The van der Waals surface area contributed by atoms with Crippen LogP contribution in [-0.4, -0.2) is 28.0 Å². The van der Waals surface area contributed by atoms with Gasteiger partial charge in [-0.05, 0) is 12.1 Å². The number of nitrogens with zero attached hydrogens (tertiary/aromatic N) is 3. The molecule has 2 rings (SSSR count). The molecule has 1 aromatic carbocycles. The van der Waals surface area contributed by atoms with Gasteiger partial charge in [-0.15, -0.1) is 0 Å². The Bertz CT molecular complexity index is 594. The third-order valence-electron chi connectivity index (χ3n) is 2.47. The number of nitro benzene ring substituents is 1. The van der Waals surface area contributed by atoms with E-state index in [-0.39, 0.29) is 11.4 Å². The van der Waals surface area contributed by atoms with Crippen molar-refractivity contribution >= 4 is 17.2 Å². The molecule has 0 saturated heterocycles. The molecule has 0 fully saturated rings. The average molecular weight is 277 g/mol. The fraction of sp³-hybridized carbons (Fsp3) is 0.167. The fourth-order valence-electron chi connectivity index (χ4n) is 1.58. The highest BCUT2D eigenvalue weighted by Crippen LogP contribution is 2.24. The molecule has 0 radical (unpaired) electrons. The summed E-state index contributed by atoms with van der Waals surface area (Å²) in [5.41, 5.74) is -0.0122. The van der Waals surface area contributed by atoms with Crippen molar-refractivity contribution < 1.29 is 9.31 Å². The number of aromatic nitrogens is 2. The van der Waals surface area contributed by atoms with E-state index in [2.05, 4.69) is 20.6 Å². The Kier molecular flexibility index (Phi) is 4.38. The maximum absolute atomic E-state index is 13.0. The highest BCUT2D eigenvalue weighted by molar-refractivity contribution is 5.61. The van der Waals surface area contributed by atoms with Gasteiger partial charge in [0.25, 0.3) is 5.69 Å². The van der Waals surface area contributed by atoms with Gasteiger partial charge in [-0.3, -0.25) is 15.1 Å². The van der Waals surface area contributed by atoms with E-state index < -0.39 is 10.7 Å². The summed E-state index contributed by atoms with van der Waals surface area (Å²) in [7, 11) is 0. The zero-order valence-corrected chi connectivity index (χ0v) is 10.4. The molecule has 20 heavy (non-hydrogen) atoms. The molecule has 0 aliphatic heterocycles. The Hall–Kier alpha value is -2.77. The van der Waals surface area contributed by atoms with Gasteiger partial charge in [0.2, 0.25) is 0 Å². The molecule has 2 N–H and O–H groups in total. The van der Waals surface area contributed by atoms with Crippen molar-refractivity contribution in [3.63, 3.8) is 0 Å². The predicted octanol–water partition coefficient (Wildman–Crippen LogP) is 2.05. The number of anilines is 2. The molecule has 8 heteroatoms. The molecular formula is C12H12FN5O2. The number of benzene rings is 1. The number of nitro groups is 1. The Balaban J connectivity index is 1.90. The van der Waals surface area contributed by atoms with E-state index in [1.54, 1.807) is 18.6 Å². The summed E-state index contributed by atoms with van der Waals surface area (Å²) in [6, 6.07) is 3.40. The summed E-state index contributed by atoms with van der Waals surface area (Å²) in [5.74, 6) is -0.0251. The first-order valence-electron chi connectivity index (χ1n) is 5.84. The molecule has 0 atom stereocenters. The number of rotatable bonds is 6. The van der Waals surface area contributed by atoms with E-state index in [1.807, 2.05) is 0 Å². The van der Waals surface area contributed by atoms with Crippen LogP contribution in [-0.2, 0) is 0 Å². The lowest BCUT2D eigenvalue weighted by Gasteiger charge is -2.08. The summed E-state index contributed by atoms with van der Waals surface area (Å²) < 4.78 is 13.0. The Morgan fingerprint density at radius 1 is 1.25 bits per heavy atom. The van der Waals surface area contributed by atoms with Crippen molar-refractivity contribution in [1.82, 2.24) is 9.97 Å². The molecule has 0 aliphatic rings. The Morgan fingerprint density at radius 3 is 2.75 bits per heavy atom. The van der Waals surface area contributed by atoms with Crippen LogP contribution in [0.15, 0.2) is 36.8 Å². The minimum absolute atomic E-state index is 0.275. The van der Waals surface area contributed by atoms with Crippen molar-refractivity contribution in [3.8, 4) is 0 Å². The lowest BCUT2D eigenvalue weighted by Crippen LogP contribution is -2.15. The molecule has 0 amide bonds. The molecule has 2 aromatic rings. The summed E-state index contributed by atoms with van der Waals surface area (Å²) in [5, 5.41) is 16.7. The molecule has 0 bridgehead atoms. The third-order valence-corrected chi connectivity index (χ3v) is 2.47. The van der Waals surface area contributed by atoms with Crippen LogP contribution < -0.4 is 10.6 Å². The molecule has 1 aromatic heterocycles. The lowest BCUT2D eigenvalue weighted by molar-refractivity contribution is -0.384. The van der Waals surface area contributed by atoms with Crippen LogP contribution in [0.3, 0.4) is 0 Å². The fourth-order valence-corrected chi connectivity index (χ4v) is 1.58. The molecular weight excluding hydrogens is 265 g/mol. The summed E-state index contributed by atoms with van der Waals surface area (Å²) >= 11 is 0. The SMILES string of the molecule is O=[N+]([O-])c1cc(F)ccc1NCCNc1cnccn1. The molecule has 0 spiro atoms. The highest BCUT2D eigenvalue weighted by Gasteiger charge is 2.14. The van der Waals surface area contributed by atoms with Gasteiger partial charge in [-0.2, -0.15) is 0 Å². The molecule has 0 saturated carbocycles. The first kappa shape index (κ1) is 13.7. The second-order valence-electron chi connectivity index (χ2n) is 3.86. The van der Waals surface area contributed by atoms with Crippen molar-refractivity contribution in [3.05, 3.63) is 52.7 Å². The van der Waals surface area contributed by atoms with Gasteiger partial charge in [0.05, 0.1) is 17.2 Å². The second-order valence-corrected chi connectivity index (χ2v) is 3.86. The first-order valence-corrected chi connectivity index (χ1v) is 5.84. The van der Waals surface area contributed by atoms with E-state index in [4.69, 9.17) is 0 Å². The van der Waals surface area contributed by atoms with Gasteiger partial charge in [-0.1, -0.05) is 0 Å². The minimum atomic E-state index is -0.639. The summed E-state index contributed by atoms with van der Waals surface area (Å²) in [4.78, 5) is 18.1. The van der Waals surface area contributed by atoms with Crippen LogP contribution >= 0.6 is 0 Å². The Labute approximate surface area is 114 Å². The normalized spacial score (nSPS) is 10.1. The van der Waals surface area contributed by atoms with Gasteiger partial charge >= 0.3 is 0 Å². The Morgan fingerprint density at radius 2 is 2.05 bits per heavy atom. The largest absolute Gasteiger partial charge is 0.378 e. The van der Waals surface area contributed by atoms with Gasteiger partial charge in [0, 0.05) is 25.5 Å². The van der Waals surface area contributed by atoms with Crippen LogP contribution in [0.4, 0.5) is 21.6 Å². The van der Waals surface area contributed by atoms with Gasteiger partial charge in [0.15, 0.2) is 0 Å². The van der Waals surface area contributed by atoms with Crippen LogP contribution in [0.5, 0.6) is 0 Å². The topological polar surface area (TPSA) is 93.0 Å². The van der Waals surface area contributed by atoms with E-state index in [0.717, 1.165) is 6.07 Å². The average Bonchev–Trinajstić information content (AvgIpc) is 2.45. The summed E-state index contributed by atoms with van der Waals surface area (Å²) in [6.45, 7) is 0.913. The zero-order valence-electron chi connectivity index (χ0n) is 10.4. The molecule has 7 nitrogen and oxygen atoms in total. The molecule has 104 valence electrons. The van der Waals surface area contributed by atoms with Crippen LogP contribution in [0.1, 0.15) is 0 Å². The summed E-state index contributed by atoms with van der Waals surface area (Å²) in [6.07, 6.45) is 4.69. The van der Waals surface area contributed by atoms with Crippen molar-refractivity contribution in [2.45, 2.75) is 0 Å². The van der Waals surface area contributed by atoms with Crippen LogP contribution in [0.2, 0.25) is 0 Å². The highest BCUT2D eigenvalue weighted by atomic mass is 19.1. The first-order chi connectivity index (χ1) is 9.66. The van der Waals surface area contributed by atoms with Gasteiger partial charge < -0.3 is 10.6 Å². The van der Waals surface area contributed by atoms with E-state index >= 15 is 0 Å². The van der Waals surface area contributed by atoms with Gasteiger partial charge in [0.1, 0.15) is 17.3 Å². The molecule has 1 heterocycles. The van der Waals surface area contributed by atoms with Crippen molar-refractivity contribution in [2.24, 2.45) is 0 Å². The quantitative estimate of drug-likeness (QED) is 0.477. The molecule has 0 aliphatic carbocycles. The third kappa shape index (κ3) is 3.61. The van der Waals surface area contributed by atoms with E-state index in [0.29, 0.717) is 18.9 Å². The maximum Gasteiger partial charge on any atom is 0.295 e. The minimum Gasteiger partial charge on any atom is -0.378 e. The van der Waals surface area contributed by atoms with Crippen LogP contribution in [0, 0.1) is 15.9 Å². The maximum atomic E-state index is 13.0. The van der Waals surface area contributed by atoms with E-state index in [1.165, 1.54) is 12.1 Å².